The van der Waals surface area contributed by atoms with E-state index in [4.69, 9.17) is 0 Å². The van der Waals surface area contributed by atoms with Crippen LogP contribution in [0.15, 0.2) is 17.5 Å². The van der Waals surface area contributed by atoms with E-state index in [9.17, 15) is 0 Å². The van der Waals surface area contributed by atoms with Crippen LogP contribution in [0.1, 0.15) is 16.7 Å². The van der Waals surface area contributed by atoms with E-state index in [1.165, 1.54) is 4.63 Å². The topological polar surface area (TPSA) is 75.3 Å². The Hall–Kier alpha value is -2.13. The molecular formula is C13H16N8S. The molecular weight excluding hydrogens is 300 g/mol. The fourth-order valence-corrected chi connectivity index (χ4v) is 3.63. The second kappa shape index (κ2) is 5.25. The van der Waals surface area contributed by atoms with Crippen LogP contribution < -0.4 is 4.90 Å². The fraction of sp³-hybridized carbons (Fsp3) is 0.462. The smallest absolute Gasteiger partial charge is 0.200 e. The minimum absolute atomic E-state index is 0.291. The van der Waals surface area contributed by atoms with Crippen molar-refractivity contribution in [3.05, 3.63) is 28.2 Å². The van der Waals surface area contributed by atoms with Gasteiger partial charge in [0.25, 0.3) is 0 Å². The molecule has 114 valence electrons. The van der Waals surface area contributed by atoms with Crippen molar-refractivity contribution < 1.29 is 0 Å². The Morgan fingerprint density at radius 3 is 3.00 bits per heavy atom. The number of fused-ring (bicyclic) bond motifs is 1. The van der Waals surface area contributed by atoms with E-state index in [0.29, 0.717) is 11.7 Å². The summed E-state index contributed by atoms with van der Waals surface area (Å²) < 4.78 is 1.47. The summed E-state index contributed by atoms with van der Waals surface area (Å²) in [4.78, 5) is 9.26. The lowest BCUT2D eigenvalue weighted by molar-refractivity contribution is 0.220. The van der Waals surface area contributed by atoms with Gasteiger partial charge < -0.3 is 4.90 Å². The summed E-state index contributed by atoms with van der Waals surface area (Å²) in [5.41, 5.74) is 1.74. The van der Waals surface area contributed by atoms with Crippen molar-refractivity contribution in [2.24, 2.45) is 0 Å². The molecule has 1 aliphatic rings. The van der Waals surface area contributed by atoms with Crippen LogP contribution in [0.25, 0.3) is 5.65 Å². The van der Waals surface area contributed by atoms with Crippen molar-refractivity contribution in [2.45, 2.75) is 13.0 Å². The normalized spacial score (nSPS) is 19.9. The van der Waals surface area contributed by atoms with Crippen molar-refractivity contribution in [2.75, 3.05) is 31.6 Å². The molecule has 9 heteroatoms. The molecule has 0 N–H and O–H groups in total. The van der Waals surface area contributed by atoms with E-state index in [1.807, 2.05) is 19.1 Å². The zero-order valence-corrected chi connectivity index (χ0v) is 13.2. The van der Waals surface area contributed by atoms with Crippen LogP contribution in [0.5, 0.6) is 0 Å². The first-order valence-electron chi connectivity index (χ1n) is 7.13. The summed E-state index contributed by atoms with van der Waals surface area (Å²) in [7, 11) is 2.15. The number of hydrogen-bond donors (Lipinski definition) is 0. The first-order valence-corrected chi connectivity index (χ1v) is 8.01. The molecule has 0 amide bonds. The van der Waals surface area contributed by atoms with Crippen molar-refractivity contribution in [3.63, 3.8) is 0 Å². The van der Waals surface area contributed by atoms with Gasteiger partial charge in [0.15, 0.2) is 11.5 Å². The van der Waals surface area contributed by atoms with Gasteiger partial charge in [-0.25, -0.2) is 4.98 Å². The van der Waals surface area contributed by atoms with Gasteiger partial charge in [-0.05, 0) is 36.5 Å². The lowest BCUT2D eigenvalue weighted by Gasteiger charge is -2.38. The third kappa shape index (κ3) is 2.32. The zero-order valence-electron chi connectivity index (χ0n) is 12.4. The summed E-state index contributed by atoms with van der Waals surface area (Å²) in [5, 5.41) is 19.1. The van der Waals surface area contributed by atoms with Gasteiger partial charge >= 0.3 is 0 Å². The number of thiazole rings is 1. The highest BCUT2D eigenvalue weighted by Gasteiger charge is 2.28. The number of nitrogens with zero attached hydrogens (tertiary/aromatic N) is 8. The van der Waals surface area contributed by atoms with Gasteiger partial charge in [-0.2, -0.15) is 0 Å². The number of tetrazole rings is 1. The average Bonchev–Trinajstić information content (AvgIpc) is 3.15. The third-order valence-electron chi connectivity index (χ3n) is 3.95. The minimum Gasteiger partial charge on any atom is -0.352 e. The lowest BCUT2D eigenvalue weighted by atomic mass is 10.2. The van der Waals surface area contributed by atoms with E-state index >= 15 is 0 Å². The van der Waals surface area contributed by atoms with Crippen LogP contribution in [0, 0.1) is 6.92 Å². The van der Waals surface area contributed by atoms with Crippen LogP contribution in [-0.2, 0) is 0 Å². The first kappa shape index (κ1) is 13.5. The standard InChI is InChI=1S/C13H16N8S/c1-9-8-22-13(14-9)10-7-20(6-5-19(10)2)12-4-3-11-15-17-18-21(11)16-12/h3-4,8,10H,5-7H2,1-2H3. The molecule has 1 aliphatic heterocycles. The van der Waals surface area contributed by atoms with E-state index in [-0.39, 0.29) is 0 Å². The van der Waals surface area contributed by atoms with E-state index < -0.39 is 0 Å². The highest BCUT2D eigenvalue weighted by atomic mass is 32.1. The highest BCUT2D eigenvalue weighted by Crippen LogP contribution is 2.28. The van der Waals surface area contributed by atoms with Gasteiger partial charge in [-0.3, -0.25) is 4.90 Å². The zero-order chi connectivity index (χ0) is 15.1. The molecule has 1 unspecified atom stereocenters. The van der Waals surface area contributed by atoms with Crippen LogP contribution in [0.4, 0.5) is 5.82 Å². The molecule has 22 heavy (non-hydrogen) atoms. The molecule has 8 nitrogen and oxygen atoms in total. The Bertz CT molecular complexity index is 796. The number of aromatic nitrogens is 6. The first-order chi connectivity index (χ1) is 10.7. The highest BCUT2D eigenvalue weighted by molar-refractivity contribution is 7.09. The van der Waals surface area contributed by atoms with Gasteiger partial charge in [0.2, 0.25) is 0 Å². The Morgan fingerprint density at radius 2 is 2.18 bits per heavy atom. The number of rotatable bonds is 2. The van der Waals surface area contributed by atoms with Crippen LogP contribution in [-0.4, -0.2) is 61.8 Å². The monoisotopic (exact) mass is 316 g/mol. The van der Waals surface area contributed by atoms with Gasteiger partial charge in [0.1, 0.15) is 5.01 Å². The number of hydrogen-bond acceptors (Lipinski definition) is 8. The van der Waals surface area contributed by atoms with Gasteiger partial charge in [-0.15, -0.1) is 26.2 Å². The molecule has 1 saturated heterocycles. The molecule has 3 aromatic heterocycles. The van der Waals surface area contributed by atoms with Crippen molar-refractivity contribution in [1.29, 1.82) is 0 Å². The lowest BCUT2D eigenvalue weighted by Crippen LogP contribution is -2.47. The summed E-state index contributed by atoms with van der Waals surface area (Å²) in [6.45, 7) is 4.80. The SMILES string of the molecule is Cc1csc(C2CN(c3ccc4nnnn4n3)CCN2C)n1. The van der Waals surface area contributed by atoms with E-state index in [1.54, 1.807) is 11.3 Å². The van der Waals surface area contributed by atoms with Crippen molar-refractivity contribution in [3.8, 4) is 0 Å². The summed E-state index contributed by atoms with van der Waals surface area (Å²) in [6.07, 6.45) is 0. The van der Waals surface area contributed by atoms with Crippen LogP contribution in [0.2, 0.25) is 0 Å². The van der Waals surface area contributed by atoms with E-state index in [0.717, 1.165) is 36.2 Å². The molecule has 1 atom stereocenters. The number of aryl methyl sites for hydroxylation is 1. The largest absolute Gasteiger partial charge is 0.352 e. The molecule has 4 heterocycles. The maximum Gasteiger partial charge on any atom is 0.200 e. The molecule has 4 rings (SSSR count). The summed E-state index contributed by atoms with van der Waals surface area (Å²) in [5.74, 6) is 0.895. The second-order valence-electron chi connectivity index (χ2n) is 5.49. The molecule has 0 saturated carbocycles. The minimum atomic E-state index is 0.291. The quantitative estimate of drug-likeness (QED) is 0.691. The number of likely N-dealkylation sites (N-methyl/N-ethyl adjacent to an activating group) is 1. The predicted molar refractivity (Wildman–Crippen MR) is 83.0 cm³/mol. The number of anilines is 1. The Balaban J connectivity index is 1.62. The van der Waals surface area contributed by atoms with Crippen LogP contribution >= 0.6 is 11.3 Å². The summed E-state index contributed by atoms with van der Waals surface area (Å²) in [6, 6.07) is 4.16. The van der Waals surface area contributed by atoms with Crippen molar-refractivity contribution >= 4 is 22.8 Å². The average molecular weight is 316 g/mol. The predicted octanol–water partition coefficient (Wildman–Crippen LogP) is 0.777. The third-order valence-corrected chi connectivity index (χ3v) is 5.01. The molecule has 1 fully saturated rings. The number of piperazine rings is 1. The van der Waals surface area contributed by atoms with E-state index in [2.05, 4.69) is 47.8 Å². The Kier molecular flexibility index (Phi) is 3.23. The van der Waals surface area contributed by atoms with Crippen molar-refractivity contribution in [1.82, 2.24) is 35.1 Å². The van der Waals surface area contributed by atoms with Gasteiger partial charge in [-0.1, -0.05) is 0 Å². The molecule has 0 aliphatic carbocycles. The maximum absolute atomic E-state index is 4.65. The van der Waals surface area contributed by atoms with Crippen LogP contribution in [0.3, 0.4) is 0 Å². The van der Waals surface area contributed by atoms with Gasteiger partial charge in [0, 0.05) is 30.7 Å². The summed E-state index contributed by atoms with van der Waals surface area (Å²) >= 11 is 1.72. The molecule has 0 spiro atoms. The maximum atomic E-state index is 4.65. The molecule has 3 aromatic rings. The second-order valence-corrected chi connectivity index (χ2v) is 6.38. The van der Waals surface area contributed by atoms with Gasteiger partial charge in [0.05, 0.1) is 6.04 Å². The Labute approximate surface area is 131 Å². The fourth-order valence-electron chi connectivity index (χ4n) is 2.68. The molecule has 0 bridgehead atoms. The Morgan fingerprint density at radius 1 is 1.27 bits per heavy atom. The molecule has 0 aromatic carbocycles. The molecule has 0 radical (unpaired) electrons.